The number of thioether (sulfide) groups is 1. The summed E-state index contributed by atoms with van der Waals surface area (Å²) in [7, 11) is 1.62. The van der Waals surface area contributed by atoms with Crippen LogP contribution >= 0.6 is 11.8 Å². The van der Waals surface area contributed by atoms with Gasteiger partial charge < -0.3 is 19.7 Å². The van der Waals surface area contributed by atoms with Gasteiger partial charge in [-0.05, 0) is 49.4 Å². The van der Waals surface area contributed by atoms with Crippen LogP contribution in [0.5, 0.6) is 17.4 Å². The molecule has 0 aliphatic carbocycles. The van der Waals surface area contributed by atoms with Crippen LogP contribution in [0.1, 0.15) is 12.8 Å². The second-order valence-corrected chi connectivity index (χ2v) is 8.33. The Kier molecular flexibility index (Phi) is 7.11. The van der Waals surface area contributed by atoms with E-state index in [0.717, 1.165) is 23.4 Å². The number of ether oxygens (including phenoxy) is 2. The highest BCUT2D eigenvalue weighted by Crippen LogP contribution is 2.32. The minimum absolute atomic E-state index is 0.0383. The molecule has 4 rings (SSSR count). The van der Waals surface area contributed by atoms with Gasteiger partial charge in [-0.1, -0.05) is 12.1 Å². The third-order valence-corrected chi connectivity index (χ3v) is 6.13. The maximum atomic E-state index is 12.8. The number of nitrogens with one attached hydrogen (secondary N) is 1. The molecule has 2 heterocycles. The van der Waals surface area contributed by atoms with Gasteiger partial charge in [0.2, 0.25) is 5.91 Å². The number of rotatable bonds is 7. The lowest BCUT2D eigenvalue weighted by Crippen LogP contribution is -2.38. The fourth-order valence-corrected chi connectivity index (χ4v) is 4.14. The number of methoxy groups -OCH3 is 1. The number of benzene rings is 2. The second kappa shape index (κ2) is 10.4. The predicted octanol–water partition coefficient (Wildman–Crippen LogP) is 4.85. The number of carbonyl (C=O) groups is 1. The zero-order valence-corrected chi connectivity index (χ0v) is 19.0. The molecule has 2 aromatic carbocycles. The lowest BCUT2D eigenvalue weighted by atomic mass is 9.96. The molecule has 1 aromatic heterocycles. The van der Waals surface area contributed by atoms with Crippen LogP contribution in [0.15, 0.2) is 65.8 Å². The molecule has 0 atom stereocenters. The summed E-state index contributed by atoms with van der Waals surface area (Å²) < 4.78 is 11.3. The number of hydrogen-bond acceptors (Lipinski definition) is 7. The Morgan fingerprint density at radius 3 is 2.59 bits per heavy atom. The number of anilines is 2. The average molecular weight is 451 g/mol. The van der Waals surface area contributed by atoms with Gasteiger partial charge in [-0.15, -0.1) is 11.8 Å². The molecule has 1 aliphatic heterocycles. The number of carbonyl (C=O) groups excluding carboxylic acids is 1. The minimum Gasteiger partial charge on any atom is -0.497 e. The van der Waals surface area contributed by atoms with Crippen LogP contribution in [0.3, 0.4) is 0 Å². The van der Waals surface area contributed by atoms with Crippen molar-refractivity contribution in [2.24, 2.45) is 5.92 Å². The topological polar surface area (TPSA) is 76.6 Å². The van der Waals surface area contributed by atoms with Gasteiger partial charge in [-0.2, -0.15) is 0 Å². The van der Waals surface area contributed by atoms with Gasteiger partial charge in [0.25, 0.3) is 5.88 Å². The van der Waals surface area contributed by atoms with Crippen molar-refractivity contribution in [3.8, 4) is 17.4 Å². The first-order valence-electron chi connectivity index (χ1n) is 10.5. The van der Waals surface area contributed by atoms with Crippen LogP contribution in [0.2, 0.25) is 0 Å². The van der Waals surface area contributed by atoms with E-state index >= 15 is 0 Å². The Balaban J connectivity index is 1.39. The number of aromatic nitrogens is 2. The van der Waals surface area contributed by atoms with E-state index in [1.807, 2.05) is 48.7 Å². The molecule has 1 aliphatic rings. The van der Waals surface area contributed by atoms with Gasteiger partial charge in [0.1, 0.15) is 11.5 Å². The Labute approximate surface area is 192 Å². The van der Waals surface area contributed by atoms with Gasteiger partial charge >= 0.3 is 0 Å². The lowest BCUT2D eigenvalue weighted by molar-refractivity contribution is -0.120. The van der Waals surface area contributed by atoms with Crippen molar-refractivity contribution in [3.63, 3.8) is 0 Å². The number of amides is 1. The monoisotopic (exact) mass is 450 g/mol. The first-order chi connectivity index (χ1) is 15.7. The maximum absolute atomic E-state index is 12.8. The third kappa shape index (κ3) is 5.31. The van der Waals surface area contributed by atoms with Crippen LogP contribution in [0.25, 0.3) is 0 Å². The van der Waals surface area contributed by atoms with E-state index in [1.54, 1.807) is 37.3 Å². The molecule has 0 bridgehead atoms. The molecule has 1 fully saturated rings. The van der Waals surface area contributed by atoms with Crippen LogP contribution in [0.4, 0.5) is 11.5 Å². The van der Waals surface area contributed by atoms with Crippen molar-refractivity contribution < 1.29 is 14.3 Å². The van der Waals surface area contributed by atoms with Crippen molar-refractivity contribution in [1.82, 2.24) is 9.97 Å². The Hall–Kier alpha value is -3.26. The minimum atomic E-state index is -0.0383. The average Bonchev–Trinajstić information content (AvgIpc) is 2.85. The molecule has 0 radical (unpaired) electrons. The van der Waals surface area contributed by atoms with Crippen molar-refractivity contribution >= 4 is 29.2 Å². The fourth-order valence-electron chi connectivity index (χ4n) is 3.68. The molecule has 1 amide bonds. The van der Waals surface area contributed by atoms with Gasteiger partial charge in [0.15, 0.2) is 5.82 Å². The van der Waals surface area contributed by atoms with Crippen molar-refractivity contribution in [1.29, 1.82) is 0 Å². The van der Waals surface area contributed by atoms with E-state index in [9.17, 15) is 4.79 Å². The van der Waals surface area contributed by atoms with E-state index in [-0.39, 0.29) is 11.8 Å². The van der Waals surface area contributed by atoms with Crippen LogP contribution in [-0.4, -0.2) is 42.3 Å². The molecular formula is C24H26N4O3S. The highest BCUT2D eigenvalue weighted by Gasteiger charge is 2.27. The summed E-state index contributed by atoms with van der Waals surface area (Å²) >= 11 is 1.66. The Morgan fingerprint density at radius 2 is 1.81 bits per heavy atom. The van der Waals surface area contributed by atoms with Gasteiger partial charge in [0, 0.05) is 48.1 Å². The Morgan fingerprint density at radius 1 is 1.06 bits per heavy atom. The fraction of sp³-hybridized carbons (Fsp3) is 0.292. The third-order valence-electron chi connectivity index (χ3n) is 5.40. The molecule has 0 spiro atoms. The van der Waals surface area contributed by atoms with Crippen LogP contribution < -0.4 is 19.7 Å². The highest BCUT2D eigenvalue weighted by atomic mass is 32.2. The van der Waals surface area contributed by atoms with Crippen LogP contribution in [0, 0.1) is 5.92 Å². The molecule has 166 valence electrons. The van der Waals surface area contributed by atoms with E-state index in [1.165, 1.54) is 0 Å². The van der Waals surface area contributed by atoms with E-state index in [4.69, 9.17) is 9.47 Å². The molecule has 0 saturated carbocycles. The highest BCUT2D eigenvalue weighted by molar-refractivity contribution is 7.98. The summed E-state index contributed by atoms with van der Waals surface area (Å²) in [6, 6.07) is 15.3. The quantitative estimate of drug-likeness (QED) is 0.516. The zero-order chi connectivity index (χ0) is 22.3. The smallest absolute Gasteiger partial charge is 0.263 e. The second-order valence-electron chi connectivity index (χ2n) is 7.45. The van der Waals surface area contributed by atoms with Crippen LogP contribution in [-0.2, 0) is 4.79 Å². The lowest BCUT2D eigenvalue weighted by Gasteiger charge is -2.32. The summed E-state index contributed by atoms with van der Waals surface area (Å²) in [4.78, 5) is 24.9. The molecular weight excluding hydrogens is 424 g/mol. The summed E-state index contributed by atoms with van der Waals surface area (Å²) in [6.45, 7) is 1.41. The Bertz CT molecular complexity index is 1070. The summed E-state index contributed by atoms with van der Waals surface area (Å²) in [5.74, 6) is 2.49. The first-order valence-corrected chi connectivity index (χ1v) is 11.7. The normalized spacial score (nSPS) is 14.1. The van der Waals surface area contributed by atoms with E-state index < -0.39 is 0 Å². The first kappa shape index (κ1) is 22.0. The summed E-state index contributed by atoms with van der Waals surface area (Å²) in [6.07, 6.45) is 6.77. The largest absolute Gasteiger partial charge is 0.497 e. The predicted molar refractivity (Wildman–Crippen MR) is 127 cm³/mol. The summed E-state index contributed by atoms with van der Waals surface area (Å²) in [5.41, 5.74) is 0.840. The summed E-state index contributed by atoms with van der Waals surface area (Å²) in [5, 5.41) is 3.06. The molecule has 1 saturated heterocycles. The number of nitrogens with zero attached hydrogens (tertiary/aromatic N) is 3. The van der Waals surface area contributed by atoms with E-state index in [2.05, 4.69) is 20.2 Å². The van der Waals surface area contributed by atoms with Crippen molar-refractivity contribution in [3.05, 3.63) is 60.9 Å². The standard InChI is InChI=1S/C24H26N4O3S/c1-30-19-6-4-7-20(16-19)31-24-22(25-11-12-26-24)28-13-9-17(10-14-28)23(29)27-18-5-3-8-21(15-18)32-2/h3-8,11-12,15-17H,9-10,13-14H2,1-2H3,(H,27,29). The van der Waals surface area contributed by atoms with Crippen molar-refractivity contribution in [2.45, 2.75) is 17.7 Å². The number of hydrogen-bond donors (Lipinski definition) is 1. The molecule has 7 nitrogen and oxygen atoms in total. The number of piperidine rings is 1. The van der Waals surface area contributed by atoms with Gasteiger partial charge in [0.05, 0.1) is 7.11 Å². The SMILES string of the molecule is COc1cccc(Oc2nccnc2N2CCC(C(=O)Nc3cccc(SC)c3)CC2)c1. The zero-order valence-electron chi connectivity index (χ0n) is 18.2. The molecule has 32 heavy (non-hydrogen) atoms. The maximum Gasteiger partial charge on any atom is 0.263 e. The molecule has 0 unspecified atom stereocenters. The molecule has 8 heteroatoms. The van der Waals surface area contributed by atoms with Gasteiger partial charge in [-0.3, -0.25) is 4.79 Å². The van der Waals surface area contributed by atoms with Gasteiger partial charge in [-0.25, -0.2) is 9.97 Å². The van der Waals surface area contributed by atoms with E-state index in [0.29, 0.717) is 36.3 Å². The molecule has 1 N–H and O–H groups in total. The van der Waals surface area contributed by atoms with Crippen molar-refractivity contribution in [2.75, 3.05) is 36.7 Å². The molecule has 3 aromatic rings.